The average Bonchev–Trinajstić information content (AvgIpc) is 2.36. The van der Waals surface area contributed by atoms with Gasteiger partial charge in [-0.25, -0.2) is 0 Å². The first-order valence-corrected chi connectivity index (χ1v) is 7.91. The summed E-state index contributed by atoms with van der Waals surface area (Å²) in [6.07, 6.45) is 7.96. The van der Waals surface area contributed by atoms with Crippen LogP contribution in [-0.4, -0.2) is 30.1 Å². The van der Waals surface area contributed by atoms with Gasteiger partial charge in [0.2, 0.25) is 0 Å². The summed E-state index contributed by atoms with van der Waals surface area (Å²) in [6.45, 7) is 10.2. The van der Waals surface area contributed by atoms with E-state index in [0.717, 1.165) is 18.4 Å². The minimum Gasteiger partial charge on any atom is -0.329 e. The van der Waals surface area contributed by atoms with Crippen molar-refractivity contribution in [3.63, 3.8) is 0 Å². The SMILES string of the molecule is CCC1CCCCC1(CN)N(C)C(C)CC(C)C. The van der Waals surface area contributed by atoms with E-state index in [4.69, 9.17) is 5.73 Å². The van der Waals surface area contributed by atoms with Crippen LogP contribution in [0.3, 0.4) is 0 Å². The average molecular weight is 254 g/mol. The Hall–Kier alpha value is -0.0800. The summed E-state index contributed by atoms with van der Waals surface area (Å²) >= 11 is 0. The van der Waals surface area contributed by atoms with Crippen LogP contribution in [0.2, 0.25) is 0 Å². The minimum atomic E-state index is 0.265. The lowest BCUT2D eigenvalue weighted by molar-refractivity contribution is -0.00662. The van der Waals surface area contributed by atoms with E-state index in [1.807, 2.05) is 0 Å². The van der Waals surface area contributed by atoms with Crippen LogP contribution in [0.5, 0.6) is 0 Å². The van der Waals surface area contributed by atoms with Crippen LogP contribution in [0, 0.1) is 11.8 Å². The van der Waals surface area contributed by atoms with Gasteiger partial charge >= 0.3 is 0 Å². The van der Waals surface area contributed by atoms with Crippen molar-refractivity contribution in [3.8, 4) is 0 Å². The molecule has 108 valence electrons. The molecule has 1 rings (SSSR count). The van der Waals surface area contributed by atoms with E-state index in [1.165, 1.54) is 38.5 Å². The van der Waals surface area contributed by atoms with E-state index < -0.39 is 0 Å². The van der Waals surface area contributed by atoms with E-state index in [2.05, 4.69) is 39.6 Å². The Balaban J connectivity index is 2.83. The van der Waals surface area contributed by atoms with Gasteiger partial charge in [-0.15, -0.1) is 0 Å². The molecule has 0 aromatic heterocycles. The molecule has 0 amide bonds. The van der Waals surface area contributed by atoms with Crippen LogP contribution < -0.4 is 5.73 Å². The molecule has 0 heterocycles. The Morgan fingerprint density at radius 3 is 2.44 bits per heavy atom. The second-order valence-corrected chi connectivity index (χ2v) is 6.75. The van der Waals surface area contributed by atoms with Crippen molar-refractivity contribution >= 4 is 0 Å². The van der Waals surface area contributed by atoms with E-state index in [9.17, 15) is 0 Å². The highest BCUT2D eigenvalue weighted by Crippen LogP contribution is 2.40. The molecule has 1 aliphatic carbocycles. The predicted molar refractivity (Wildman–Crippen MR) is 80.7 cm³/mol. The lowest BCUT2D eigenvalue weighted by Crippen LogP contribution is -2.61. The zero-order chi connectivity index (χ0) is 13.8. The molecule has 18 heavy (non-hydrogen) atoms. The third-order valence-electron chi connectivity index (χ3n) is 5.19. The summed E-state index contributed by atoms with van der Waals surface area (Å²) in [5.74, 6) is 1.55. The van der Waals surface area contributed by atoms with Gasteiger partial charge in [0.25, 0.3) is 0 Å². The Morgan fingerprint density at radius 2 is 1.94 bits per heavy atom. The molecule has 0 saturated heterocycles. The smallest absolute Gasteiger partial charge is 0.0359 e. The fourth-order valence-corrected chi connectivity index (χ4v) is 4.04. The molecule has 2 heteroatoms. The molecule has 1 saturated carbocycles. The molecule has 2 nitrogen and oxygen atoms in total. The van der Waals surface area contributed by atoms with Crippen molar-refractivity contribution in [2.24, 2.45) is 17.6 Å². The summed E-state index contributed by atoms with van der Waals surface area (Å²) < 4.78 is 0. The molecule has 0 radical (unpaired) electrons. The Bertz CT molecular complexity index is 239. The first-order chi connectivity index (χ1) is 8.47. The monoisotopic (exact) mass is 254 g/mol. The van der Waals surface area contributed by atoms with Crippen LogP contribution >= 0.6 is 0 Å². The third kappa shape index (κ3) is 3.27. The predicted octanol–water partition coefficient (Wildman–Crippen LogP) is 3.65. The molecule has 1 fully saturated rings. The molecule has 2 N–H and O–H groups in total. The van der Waals surface area contributed by atoms with E-state index in [0.29, 0.717) is 6.04 Å². The fourth-order valence-electron chi connectivity index (χ4n) is 4.04. The van der Waals surface area contributed by atoms with Gasteiger partial charge in [-0.05, 0) is 45.1 Å². The quantitative estimate of drug-likeness (QED) is 0.784. The highest BCUT2D eigenvalue weighted by Gasteiger charge is 2.43. The molecular weight excluding hydrogens is 220 g/mol. The fraction of sp³-hybridized carbons (Fsp3) is 1.00. The molecule has 3 atom stereocenters. The summed E-state index contributed by atoms with van der Waals surface area (Å²) in [6, 6.07) is 0.640. The highest BCUT2D eigenvalue weighted by molar-refractivity contribution is 4.99. The summed E-state index contributed by atoms with van der Waals surface area (Å²) in [5.41, 5.74) is 6.50. The number of hydrogen-bond donors (Lipinski definition) is 1. The lowest BCUT2D eigenvalue weighted by Gasteiger charge is -2.52. The maximum absolute atomic E-state index is 6.23. The highest BCUT2D eigenvalue weighted by atomic mass is 15.2. The third-order valence-corrected chi connectivity index (χ3v) is 5.19. The van der Waals surface area contributed by atoms with Gasteiger partial charge in [-0.2, -0.15) is 0 Å². The molecular formula is C16H34N2. The zero-order valence-electron chi connectivity index (χ0n) is 13.2. The molecule has 0 aromatic rings. The van der Waals surface area contributed by atoms with Crippen LogP contribution in [0.1, 0.15) is 66.2 Å². The normalized spacial score (nSPS) is 31.0. The van der Waals surface area contributed by atoms with E-state index in [-0.39, 0.29) is 5.54 Å². The van der Waals surface area contributed by atoms with Crippen LogP contribution in [0.25, 0.3) is 0 Å². The van der Waals surface area contributed by atoms with Crippen molar-refractivity contribution in [1.29, 1.82) is 0 Å². The first-order valence-electron chi connectivity index (χ1n) is 7.91. The van der Waals surface area contributed by atoms with Crippen molar-refractivity contribution in [2.45, 2.75) is 77.8 Å². The molecule has 0 aromatic carbocycles. The van der Waals surface area contributed by atoms with E-state index >= 15 is 0 Å². The van der Waals surface area contributed by atoms with Crippen molar-refractivity contribution < 1.29 is 0 Å². The minimum absolute atomic E-state index is 0.265. The number of likely N-dealkylation sites (N-methyl/N-ethyl adjacent to an activating group) is 1. The van der Waals surface area contributed by atoms with Gasteiger partial charge in [-0.3, -0.25) is 4.90 Å². The number of rotatable bonds is 6. The molecule has 1 aliphatic rings. The molecule has 0 spiro atoms. The van der Waals surface area contributed by atoms with Crippen LogP contribution in [-0.2, 0) is 0 Å². The Labute approximate surface area is 114 Å². The first kappa shape index (κ1) is 16.0. The maximum Gasteiger partial charge on any atom is 0.0359 e. The van der Waals surface area contributed by atoms with Gasteiger partial charge in [0.1, 0.15) is 0 Å². The Morgan fingerprint density at radius 1 is 1.28 bits per heavy atom. The van der Waals surface area contributed by atoms with Crippen LogP contribution in [0.4, 0.5) is 0 Å². The standard InChI is InChI=1S/C16H34N2/c1-6-15-9-7-8-10-16(15,12-17)18(5)14(4)11-13(2)3/h13-15H,6-12,17H2,1-5H3. The number of nitrogens with zero attached hydrogens (tertiary/aromatic N) is 1. The van der Waals surface area contributed by atoms with E-state index in [1.54, 1.807) is 0 Å². The van der Waals surface area contributed by atoms with Crippen molar-refractivity contribution in [2.75, 3.05) is 13.6 Å². The van der Waals surface area contributed by atoms with Gasteiger partial charge in [-0.1, -0.05) is 40.0 Å². The second-order valence-electron chi connectivity index (χ2n) is 6.75. The van der Waals surface area contributed by atoms with Gasteiger partial charge in [0, 0.05) is 18.1 Å². The van der Waals surface area contributed by atoms with Gasteiger partial charge in [0.15, 0.2) is 0 Å². The van der Waals surface area contributed by atoms with Crippen molar-refractivity contribution in [1.82, 2.24) is 4.90 Å². The number of hydrogen-bond acceptors (Lipinski definition) is 2. The van der Waals surface area contributed by atoms with Gasteiger partial charge < -0.3 is 5.73 Å². The summed E-state index contributed by atoms with van der Waals surface area (Å²) in [7, 11) is 2.31. The van der Waals surface area contributed by atoms with Crippen LogP contribution in [0.15, 0.2) is 0 Å². The second kappa shape index (κ2) is 6.91. The molecule has 3 unspecified atom stereocenters. The maximum atomic E-state index is 6.23. The zero-order valence-corrected chi connectivity index (χ0v) is 13.2. The topological polar surface area (TPSA) is 29.3 Å². The Kier molecular flexibility index (Phi) is 6.13. The number of nitrogens with two attached hydrogens (primary N) is 1. The molecule has 0 bridgehead atoms. The largest absolute Gasteiger partial charge is 0.329 e. The summed E-state index contributed by atoms with van der Waals surface area (Å²) in [4.78, 5) is 2.63. The lowest BCUT2D eigenvalue weighted by atomic mass is 9.70. The molecule has 0 aliphatic heterocycles. The van der Waals surface area contributed by atoms with Gasteiger partial charge in [0.05, 0.1) is 0 Å². The summed E-state index contributed by atoms with van der Waals surface area (Å²) in [5, 5.41) is 0. The van der Waals surface area contributed by atoms with Crippen molar-refractivity contribution in [3.05, 3.63) is 0 Å².